The van der Waals surface area contributed by atoms with E-state index in [0.29, 0.717) is 22.3 Å². The summed E-state index contributed by atoms with van der Waals surface area (Å²) in [7, 11) is 0. The van der Waals surface area contributed by atoms with Gasteiger partial charge in [-0.1, -0.05) is 0 Å². The van der Waals surface area contributed by atoms with Crippen LogP contribution in [-0.2, 0) is 15.7 Å². The third kappa shape index (κ3) is 6.50. The molecule has 0 aliphatic carbocycles. The van der Waals surface area contributed by atoms with Crippen LogP contribution in [0.4, 0.5) is 17.6 Å². The van der Waals surface area contributed by atoms with Crippen LogP contribution in [0.15, 0.2) is 97.1 Å². The van der Waals surface area contributed by atoms with Gasteiger partial charge in [-0.25, -0.2) is 0 Å². The standard InChI is InChI=1S/2C13H9F2.2C2H4O2.Sn/c2*14-12-5-1-10(2-6-12)9-11-3-7-13(15)8-4-11;2*1-2(3)4;/h2*1-9H;2*1H3,(H,3,4);/q;;;;+2/p-2. The number of rotatable bonds is 8. The fraction of sp³-hybridized carbons (Fsp3) is 0.133. The molecule has 0 spiro atoms. The first-order valence-corrected chi connectivity index (χ1v) is 17.6. The van der Waals surface area contributed by atoms with Gasteiger partial charge in [-0.2, -0.15) is 0 Å². The SMILES string of the molecule is CC(=O)[O][Sn]([O]C(C)=O)([CH](c1ccc(F)cc1)c1ccc(F)cc1)[CH](c1ccc(F)cc1)c1ccc(F)cc1. The molecule has 0 aliphatic rings. The van der Waals surface area contributed by atoms with Gasteiger partial charge in [0.1, 0.15) is 0 Å². The van der Waals surface area contributed by atoms with Crippen LogP contribution in [0, 0.1) is 23.3 Å². The molecule has 0 N–H and O–H groups in total. The number of carbonyl (C=O) groups excluding carboxylic acids is 2. The number of hydrogen-bond acceptors (Lipinski definition) is 4. The normalized spacial score (nSPS) is 11.5. The Morgan fingerprint density at radius 3 is 0.872 bits per heavy atom. The second-order valence-electron chi connectivity index (χ2n) is 8.98. The topological polar surface area (TPSA) is 52.6 Å². The molecule has 0 unspecified atom stereocenters. The Balaban J connectivity index is 2.13. The molecule has 200 valence electrons. The van der Waals surface area contributed by atoms with Gasteiger partial charge in [-0.05, 0) is 0 Å². The summed E-state index contributed by atoms with van der Waals surface area (Å²) >= 11 is -5.52. The van der Waals surface area contributed by atoms with E-state index >= 15 is 0 Å². The maximum absolute atomic E-state index is 14.0. The van der Waals surface area contributed by atoms with Crippen LogP contribution in [0.5, 0.6) is 0 Å². The van der Waals surface area contributed by atoms with E-state index in [-0.39, 0.29) is 0 Å². The molecule has 0 fully saturated rings. The van der Waals surface area contributed by atoms with E-state index in [1.807, 2.05) is 0 Å². The molecule has 39 heavy (non-hydrogen) atoms. The van der Waals surface area contributed by atoms with Gasteiger partial charge in [-0.15, -0.1) is 0 Å². The molecular formula is C30H24F4O4Sn. The zero-order chi connectivity index (χ0) is 28.2. The summed E-state index contributed by atoms with van der Waals surface area (Å²) in [4.78, 5) is 25.6. The number of halogens is 4. The molecule has 0 atom stereocenters. The average molecular weight is 643 g/mol. The Labute approximate surface area is 228 Å². The van der Waals surface area contributed by atoms with Gasteiger partial charge in [0.05, 0.1) is 0 Å². The maximum atomic E-state index is 14.0. The molecule has 4 aromatic carbocycles. The molecule has 0 heterocycles. The predicted octanol–water partition coefficient (Wildman–Crippen LogP) is 6.85. The quantitative estimate of drug-likeness (QED) is 0.156. The van der Waals surface area contributed by atoms with Gasteiger partial charge in [0.25, 0.3) is 0 Å². The number of benzene rings is 4. The van der Waals surface area contributed by atoms with Gasteiger partial charge in [0, 0.05) is 0 Å². The molecule has 0 saturated carbocycles. The van der Waals surface area contributed by atoms with E-state index in [1.54, 1.807) is 0 Å². The second-order valence-corrected chi connectivity index (χ2v) is 17.6. The van der Waals surface area contributed by atoms with Crippen molar-refractivity contribution in [2.75, 3.05) is 0 Å². The Hall–Kier alpha value is -3.66. The van der Waals surface area contributed by atoms with Gasteiger partial charge in [-0.3, -0.25) is 0 Å². The predicted molar refractivity (Wildman–Crippen MR) is 139 cm³/mol. The van der Waals surface area contributed by atoms with Crippen LogP contribution < -0.4 is 0 Å². The Morgan fingerprint density at radius 2 is 0.692 bits per heavy atom. The fourth-order valence-corrected chi connectivity index (χ4v) is 17.3. The second kappa shape index (κ2) is 12.0. The van der Waals surface area contributed by atoms with E-state index in [1.165, 1.54) is 111 Å². The van der Waals surface area contributed by atoms with Gasteiger partial charge >= 0.3 is 229 Å². The van der Waals surface area contributed by atoms with Gasteiger partial charge in [0.15, 0.2) is 0 Å². The Bertz CT molecular complexity index is 1240. The fourth-order valence-electron chi connectivity index (χ4n) is 4.81. The van der Waals surface area contributed by atoms with E-state index in [4.69, 9.17) is 6.15 Å². The summed E-state index contributed by atoms with van der Waals surface area (Å²) < 4.78 is 66.5. The van der Waals surface area contributed by atoms with Crippen LogP contribution in [0.2, 0.25) is 0 Å². The van der Waals surface area contributed by atoms with Crippen molar-refractivity contribution < 1.29 is 33.3 Å². The van der Waals surface area contributed by atoms with Crippen LogP contribution in [0.25, 0.3) is 0 Å². The zero-order valence-electron chi connectivity index (χ0n) is 21.0. The third-order valence-electron chi connectivity index (χ3n) is 6.22. The monoisotopic (exact) mass is 644 g/mol. The zero-order valence-corrected chi connectivity index (χ0v) is 23.9. The number of hydrogen-bond donors (Lipinski definition) is 0. The summed E-state index contributed by atoms with van der Waals surface area (Å²) in [5, 5.41) is 0. The summed E-state index contributed by atoms with van der Waals surface area (Å²) in [6.07, 6.45) is 0. The van der Waals surface area contributed by atoms with Crippen molar-refractivity contribution in [2.24, 2.45) is 0 Å². The average Bonchev–Trinajstić information content (AvgIpc) is 2.88. The third-order valence-corrected chi connectivity index (χ3v) is 18.1. The minimum absolute atomic E-state index is 0.454. The Kier molecular flexibility index (Phi) is 8.74. The van der Waals surface area contributed by atoms with Crippen molar-refractivity contribution in [3.05, 3.63) is 143 Å². The van der Waals surface area contributed by atoms with Crippen molar-refractivity contribution in [3.63, 3.8) is 0 Å². The number of carbonyl (C=O) groups is 2. The minimum atomic E-state index is -5.52. The van der Waals surface area contributed by atoms with E-state index in [0.717, 1.165) is 0 Å². The van der Waals surface area contributed by atoms with E-state index in [9.17, 15) is 27.2 Å². The molecule has 0 radical (unpaired) electrons. The van der Waals surface area contributed by atoms with Crippen LogP contribution in [0.1, 0.15) is 44.0 Å². The molecule has 9 heteroatoms. The van der Waals surface area contributed by atoms with Gasteiger partial charge in [0.2, 0.25) is 0 Å². The molecule has 4 rings (SSSR count). The molecule has 0 aliphatic heterocycles. The van der Waals surface area contributed by atoms with Crippen molar-refractivity contribution >= 4 is 31.1 Å². The first-order chi connectivity index (χ1) is 18.6. The van der Waals surface area contributed by atoms with Crippen LogP contribution >= 0.6 is 0 Å². The van der Waals surface area contributed by atoms with Crippen molar-refractivity contribution in [1.29, 1.82) is 0 Å². The van der Waals surface area contributed by atoms with Crippen molar-refractivity contribution in [3.8, 4) is 0 Å². The molecule has 4 aromatic rings. The first kappa shape index (κ1) is 28.3. The molecule has 0 amide bonds. The van der Waals surface area contributed by atoms with Crippen LogP contribution in [-0.4, -0.2) is 31.1 Å². The molecule has 4 nitrogen and oxygen atoms in total. The molecular weight excluding hydrogens is 619 g/mol. The van der Waals surface area contributed by atoms with Gasteiger partial charge < -0.3 is 0 Å². The molecule has 0 aromatic heterocycles. The van der Waals surface area contributed by atoms with E-state index in [2.05, 4.69) is 0 Å². The Morgan fingerprint density at radius 1 is 0.487 bits per heavy atom. The van der Waals surface area contributed by atoms with E-state index < -0.39 is 62.3 Å². The summed E-state index contributed by atoms with van der Waals surface area (Å²) in [5.41, 5.74) is 1.82. The molecule has 0 saturated heterocycles. The molecule has 0 bridgehead atoms. The summed E-state index contributed by atoms with van der Waals surface area (Å²) in [6, 6.07) is 21.6. The van der Waals surface area contributed by atoms with Crippen molar-refractivity contribution in [1.82, 2.24) is 0 Å². The summed E-state index contributed by atoms with van der Waals surface area (Å²) in [6.45, 7) is 2.35. The van der Waals surface area contributed by atoms with Crippen molar-refractivity contribution in [2.45, 2.75) is 21.7 Å². The summed E-state index contributed by atoms with van der Waals surface area (Å²) in [5.74, 6) is -3.57. The first-order valence-electron chi connectivity index (χ1n) is 12.0. The van der Waals surface area contributed by atoms with Crippen LogP contribution in [0.3, 0.4) is 0 Å².